The first-order valence-corrected chi connectivity index (χ1v) is 5.69. The Bertz CT molecular complexity index is 625. The Morgan fingerprint density at radius 2 is 2.33 bits per heavy atom. The van der Waals surface area contributed by atoms with Crippen LogP contribution in [0.3, 0.4) is 0 Å². The zero-order valence-corrected chi connectivity index (χ0v) is 9.98. The minimum Gasteiger partial charge on any atom is -0.465 e. The van der Waals surface area contributed by atoms with Crippen molar-refractivity contribution in [3.8, 4) is 11.3 Å². The van der Waals surface area contributed by atoms with E-state index in [9.17, 15) is 4.79 Å². The number of amides is 1. The fraction of sp³-hybridized carbons (Fsp3) is 0.182. The van der Waals surface area contributed by atoms with Crippen molar-refractivity contribution in [1.29, 1.82) is 0 Å². The van der Waals surface area contributed by atoms with Crippen LogP contribution in [0.15, 0.2) is 18.3 Å². The quantitative estimate of drug-likeness (QED) is 0.763. The number of hydrogen-bond donors (Lipinski definition) is 2. The molecule has 18 heavy (non-hydrogen) atoms. The maximum atomic E-state index is 11.2. The molecule has 0 saturated carbocycles. The number of nitrogens with zero attached hydrogens (tertiary/aromatic N) is 3. The zero-order chi connectivity index (χ0) is 12.7. The van der Waals surface area contributed by atoms with Gasteiger partial charge in [0.1, 0.15) is 0 Å². The van der Waals surface area contributed by atoms with Gasteiger partial charge < -0.3 is 5.11 Å². The standard InChI is InChI=1S/C11H9ClN4O2/c12-10-8-7(14-15-10)5-16(11(17)18)4-6-2-1-3-13-9(6)8/h1-3H,4-5H2,(H,14,15)(H,17,18). The number of rotatable bonds is 0. The van der Waals surface area contributed by atoms with E-state index < -0.39 is 6.09 Å². The molecule has 2 aromatic heterocycles. The van der Waals surface area contributed by atoms with Crippen LogP contribution in [0.1, 0.15) is 11.3 Å². The summed E-state index contributed by atoms with van der Waals surface area (Å²) in [5.41, 5.74) is 2.87. The fourth-order valence-corrected chi connectivity index (χ4v) is 2.33. The second-order valence-electron chi connectivity index (χ2n) is 4.02. The van der Waals surface area contributed by atoms with Crippen LogP contribution in [0.2, 0.25) is 5.15 Å². The molecule has 1 aliphatic heterocycles. The molecule has 6 nitrogen and oxygen atoms in total. The first-order chi connectivity index (χ1) is 8.66. The van der Waals surface area contributed by atoms with E-state index >= 15 is 0 Å². The van der Waals surface area contributed by atoms with Gasteiger partial charge in [-0.15, -0.1) is 0 Å². The molecule has 0 atom stereocenters. The highest BCUT2D eigenvalue weighted by molar-refractivity contribution is 6.32. The third kappa shape index (κ3) is 1.62. The number of aromatic amines is 1. The summed E-state index contributed by atoms with van der Waals surface area (Å²) in [6, 6.07) is 3.62. The van der Waals surface area contributed by atoms with E-state index in [2.05, 4.69) is 15.2 Å². The van der Waals surface area contributed by atoms with Crippen LogP contribution in [-0.4, -0.2) is 31.3 Å². The molecule has 0 bridgehead atoms. The molecule has 2 N–H and O–H groups in total. The summed E-state index contributed by atoms with van der Waals surface area (Å²) in [6.45, 7) is 0.512. The lowest BCUT2D eigenvalue weighted by Crippen LogP contribution is -2.27. The second kappa shape index (κ2) is 3.99. The van der Waals surface area contributed by atoms with Gasteiger partial charge in [0.2, 0.25) is 0 Å². The lowest BCUT2D eigenvalue weighted by Gasteiger charge is -2.16. The van der Waals surface area contributed by atoms with E-state index in [1.54, 1.807) is 12.3 Å². The van der Waals surface area contributed by atoms with E-state index in [0.717, 1.165) is 5.56 Å². The Balaban J connectivity index is 2.23. The highest BCUT2D eigenvalue weighted by atomic mass is 35.5. The molecule has 0 unspecified atom stereocenters. The van der Waals surface area contributed by atoms with Crippen LogP contribution in [0.5, 0.6) is 0 Å². The molecule has 0 spiro atoms. The SMILES string of the molecule is O=C(O)N1Cc2cccnc2-c2c(Cl)n[nH]c2C1. The molecule has 3 rings (SSSR count). The number of H-pyrrole nitrogens is 1. The third-order valence-corrected chi connectivity index (χ3v) is 3.18. The van der Waals surface area contributed by atoms with Gasteiger partial charge in [-0.1, -0.05) is 17.7 Å². The summed E-state index contributed by atoms with van der Waals surface area (Å²) < 4.78 is 0. The van der Waals surface area contributed by atoms with Crippen LogP contribution in [0, 0.1) is 0 Å². The first-order valence-electron chi connectivity index (χ1n) is 5.31. The Kier molecular flexibility index (Phi) is 2.45. The molecule has 2 aromatic rings. The number of pyridine rings is 1. The third-order valence-electron chi connectivity index (χ3n) is 2.91. The summed E-state index contributed by atoms with van der Waals surface area (Å²) in [5.74, 6) is 0. The highest BCUT2D eigenvalue weighted by Gasteiger charge is 2.26. The van der Waals surface area contributed by atoms with Crippen molar-refractivity contribution in [2.24, 2.45) is 0 Å². The molecular formula is C11H9ClN4O2. The molecule has 0 saturated heterocycles. The van der Waals surface area contributed by atoms with Gasteiger partial charge in [-0.3, -0.25) is 15.0 Å². The molecular weight excluding hydrogens is 256 g/mol. The van der Waals surface area contributed by atoms with Crippen LogP contribution in [0.25, 0.3) is 11.3 Å². The molecule has 7 heteroatoms. The number of fused-ring (bicyclic) bond motifs is 3. The number of carbonyl (C=O) groups is 1. The van der Waals surface area contributed by atoms with Crippen molar-refractivity contribution in [2.45, 2.75) is 13.1 Å². The predicted octanol–water partition coefficient (Wildman–Crippen LogP) is 2.12. The monoisotopic (exact) mass is 264 g/mol. The molecule has 0 aliphatic carbocycles. The number of halogens is 1. The van der Waals surface area contributed by atoms with Gasteiger partial charge >= 0.3 is 6.09 Å². The largest absolute Gasteiger partial charge is 0.465 e. The van der Waals surface area contributed by atoms with E-state index in [0.29, 0.717) is 22.1 Å². The van der Waals surface area contributed by atoms with Crippen LogP contribution >= 0.6 is 11.6 Å². The van der Waals surface area contributed by atoms with E-state index in [-0.39, 0.29) is 13.1 Å². The van der Waals surface area contributed by atoms with Crippen LogP contribution in [-0.2, 0) is 13.1 Å². The maximum Gasteiger partial charge on any atom is 0.407 e. The maximum absolute atomic E-state index is 11.2. The lowest BCUT2D eigenvalue weighted by atomic mass is 10.1. The van der Waals surface area contributed by atoms with Gasteiger partial charge in [0.15, 0.2) is 5.15 Å². The lowest BCUT2D eigenvalue weighted by molar-refractivity contribution is 0.139. The van der Waals surface area contributed by atoms with Gasteiger partial charge in [-0.2, -0.15) is 5.10 Å². The number of hydrogen-bond acceptors (Lipinski definition) is 3. The van der Waals surface area contributed by atoms with E-state index in [1.165, 1.54) is 4.90 Å². The summed E-state index contributed by atoms with van der Waals surface area (Å²) in [4.78, 5) is 16.7. The highest BCUT2D eigenvalue weighted by Crippen LogP contribution is 2.34. The molecule has 3 heterocycles. The van der Waals surface area contributed by atoms with Gasteiger partial charge in [0.05, 0.1) is 30.0 Å². The molecule has 0 radical (unpaired) electrons. The van der Waals surface area contributed by atoms with Crippen molar-refractivity contribution in [2.75, 3.05) is 0 Å². The molecule has 92 valence electrons. The minimum absolute atomic E-state index is 0.223. The normalized spacial score (nSPS) is 13.7. The van der Waals surface area contributed by atoms with E-state index in [1.807, 2.05) is 6.07 Å². The van der Waals surface area contributed by atoms with Gasteiger partial charge in [0.25, 0.3) is 0 Å². The van der Waals surface area contributed by atoms with Crippen LogP contribution in [0.4, 0.5) is 4.79 Å². The van der Waals surface area contributed by atoms with Gasteiger partial charge in [0, 0.05) is 6.20 Å². The minimum atomic E-state index is -0.983. The van der Waals surface area contributed by atoms with Crippen molar-refractivity contribution < 1.29 is 9.90 Å². The molecule has 0 fully saturated rings. The molecule has 1 amide bonds. The second-order valence-corrected chi connectivity index (χ2v) is 4.38. The summed E-state index contributed by atoms with van der Waals surface area (Å²) >= 11 is 6.04. The molecule has 1 aliphatic rings. The zero-order valence-electron chi connectivity index (χ0n) is 9.22. The Hall–Kier alpha value is -2.08. The van der Waals surface area contributed by atoms with Gasteiger partial charge in [-0.25, -0.2) is 4.79 Å². The summed E-state index contributed by atoms with van der Waals surface area (Å²) in [5, 5.41) is 16.2. The first kappa shape index (κ1) is 11.0. The predicted molar refractivity (Wildman–Crippen MR) is 64.1 cm³/mol. The van der Waals surface area contributed by atoms with Crippen molar-refractivity contribution in [3.63, 3.8) is 0 Å². The van der Waals surface area contributed by atoms with Crippen molar-refractivity contribution >= 4 is 17.7 Å². The van der Waals surface area contributed by atoms with E-state index in [4.69, 9.17) is 16.7 Å². The average Bonchev–Trinajstić information content (AvgIpc) is 2.62. The Morgan fingerprint density at radius 3 is 3.11 bits per heavy atom. The topological polar surface area (TPSA) is 82.1 Å². The average molecular weight is 265 g/mol. The Morgan fingerprint density at radius 1 is 1.50 bits per heavy atom. The summed E-state index contributed by atoms with van der Waals surface area (Å²) in [7, 11) is 0. The van der Waals surface area contributed by atoms with Gasteiger partial charge in [-0.05, 0) is 11.6 Å². The van der Waals surface area contributed by atoms with Crippen LogP contribution < -0.4 is 0 Å². The fourth-order valence-electron chi connectivity index (χ4n) is 2.09. The van der Waals surface area contributed by atoms with Crippen molar-refractivity contribution in [1.82, 2.24) is 20.1 Å². The van der Waals surface area contributed by atoms with Crippen molar-refractivity contribution in [3.05, 3.63) is 34.7 Å². The Labute approximate surface area is 107 Å². The molecule has 0 aromatic carbocycles. The number of aromatic nitrogens is 3. The number of carboxylic acid groups (broad SMARTS) is 1. The summed E-state index contributed by atoms with van der Waals surface area (Å²) in [6.07, 6.45) is 0.672. The number of nitrogens with one attached hydrogen (secondary N) is 1. The smallest absolute Gasteiger partial charge is 0.407 e.